The highest BCUT2D eigenvalue weighted by Gasteiger charge is 2.42. The lowest BCUT2D eigenvalue weighted by Crippen LogP contribution is -2.48. The Bertz CT molecular complexity index is 257. The number of halogens is 1. The smallest absolute Gasteiger partial charge is 0.239 e. The molecule has 1 amide bonds. The van der Waals surface area contributed by atoms with Gasteiger partial charge in [0.25, 0.3) is 0 Å². The standard InChI is InChI=1S/C12H22N2O.ClH/c1-8-7-10-5-3-4-6-11(10)14(8)12(15)9(2)13;/h8-11H,3-7,13H2,1-2H3;1H/t8?,9-,10?,11?;/m0./s1. The summed E-state index contributed by atoms with van der Waals surface area (Å²) in [6.45, 7) is 3.96. The molecule has 0 spiro atoms. The van der Waals surface area contributed by atoms with Gasteiger partial charge in [0.1, 0.15) is 0 Å². The minimum atomic E-state index is -0.340. The molecule has 2 aliphatic rings. The number of fused-ring (bicyclic) bond motifs is 1. The molecule has 0 aromatic carbocycles. The second kappa shape index (κ2) is 5.37. The highest BCUT2D eigenvalue weighted by Crippen LogP contribution is 2.39. The molecule has 1 aliphatic carbocycles. The number of hydrogen-bond donors (Lipinski definition) is 1. The van der Waals surface area contributed by atoms with Crippen LogP contribution < -0.4 is 5.73 Å². The van der Waals surface area contributed by atoms with E-state index in [0.717, 1.165) is 5.92 Å². The number of likely N-dealkylation sites (tertiary alicyclic amines) is 1. The van der Waals surface area contributed by atoms with Crippen molar-refractivity contribution in [2.75, 3.05) is 0 Å². The Labute approximate surface area is 104 Å². The van der Waals surface area contributed by atoms with Crippen LogP contribution >= 0.6 is 12.4 Å². The van der Waals surface area contributed by atoms with Gasteiger partial charge in [0.2, 0.25) is 5.91 Å². The molecule has 1 saturated heterocycles. The van der Waals surface area contributed by atoms with Gasteiger partial charge < -0.3 is 10.6 Å². The zero-order chi connectivity index (χ0) is 11.0. The van der Waals surface area contributed by atoms with Crippen LogP contribution in [0.3, 0.4) is 0 Å². The molecule has 4 atom stereocenters. The maximum Gasteiger partial charge on any atom is 0.239 e. The second-order valence-electron chi connectivity index (χ2n) is 5.23. The minimum Gasteiger partial charge on any atom is -0.335 e. The molecule has 1 aliphatic heterocycles. The largest absolute Gasteiger partial charge is 0.335 e. The molecule has 94 valence electrons. The Morgan fingerprint density at radius 1 is 1.38 bits per heavy atom. The van der Waals surface area contributed by atoms with Crippen LogP contribution in [-0.4, -0.2) is 28.9 Å². The summed E-state index contributed by atoms with van der Waals surface area (Å²) in [6.07, 6.45) is 6.29. The maximum atomic E-state index is 12.0. The molecule has 0 aromatic rings. The van der Waals surface area contributed by atoms with Gasteiger partial charge in [0, 0.05) is 12.1 Å². The number of nitrogens with two attached hydrogens (primary N) is 1. The Morgan fingerprint density at radius 2 is 2.00 bits per heavy atom. The topological polar surface area (TPSA) is 46.3 Å². The molecule has 0 radical (unpaired) electrons. The molecule has 3 nitrogen and oxygen atoms in total. The number of hydrogen-bond acceptors (Lipinski definition) is 2. The van der Waals surface area contributed by atoms with E-state index < -0.39 is 0 Å². The van der Waals surface area contributed by atoms with Crippen LogP contribution in [0.25, 0.3) is 0 Å². The fourth-order valence-corrected chi connectivity index (χ4v) is 3.32. The van der Waals surface area contributed by atoms with Gasteiger partial charge in [0.15, 0.2) is 0 Å². The average Bonchev–Trinajstić information content (AvgIpc) is 2.52. The van der Waals surface area contributed by atoms with Crippen LogP contribution in [0.4, 0.5) is 0 Å². The third kappa shape index (κ3) is 2.35. The molecule has 0 aromatic heterocycles. The van der Waals surface area contributed by atoms with Gasteiger partial charge in [-0.15, -0.1) is 12.4 Å². The zero-order valence-electron chi connectivity index (χ0n) is 10.2. The first-order chi connectivity index (χ1) is 7.11. The third-order valence-electron chi connectivity index (χ3n) is 3.99. The number of carbonyl (C=O) groups is 1. The van der Waals surface area contributed by atoms with Crippen molar-refractivity contribution in [3.05, 3.63) is 0 Å². The highest BCUT2D eigenvalue weighted by atomic mass is 35.5. The molecule has 2 fully saturated rings. The van der Waals surface area contributed by atoms with Gasteiger partial charge >= 0.3 is 0 Å². The molecular weight excluding hydrogens is 224 g/mol. The summed E-state index contributed by atoms with van der Waals surface area (Å²) >= 11 is 0. The van der Waals surface area contributed by atoms with Crippen molar-refractivity contribution in [3.8, 4) is 0 Å². The Hall–Kier alpha value is -0.280. The van der Waals surface area contributed by atoms with E-state index in [2.05, 4.69) is 11.8 Å². The number of nitrogens with zero attached hydrogens (tertiary/aromatic N) is 1. The van der Waals surface area contributed by atoms with Gasteiger partial charge in [-0.05, 0) is 39.0 Å². The quantitative estimate of drug-likeness (QED) is 0.769. The Morgan fingerprint density at radius 3 is 2.62 bits per heavy atom. The van der Waals surface area contributed by atoms with Gasteiger partial charge in [-0.3, -0.25) is 4.79 Å². The average molecular weight is 247 g/mol. The van der Waals surface area contributed by atoms with Crippen LogP contribution in [-0.2, 0) is 4.79 Å². The van der Waals surface area contributed by atoms with E-state index >= 15 is 0 Å². The second-order valence-corrected chi connectivity index (χ2v) is 5.23. The summed E-state index contributed by atoms with van der Waals surface area (Å²) in [6, 6.07) is 0.553. The number of carbonyl (C=O) groups excluding carboxylic acids is 1. The van der Waals surface area contributed by atoms with Crippen molar-refractivity contribution < 1.29 is 4.79 Å². The molecule has 0 bridgehead atoms. The first-order valence-corrected chi connectivity index (χ1v) is 6.19. The van der Waals surface area contributed by atoms with Gasteiger partial charge in [-0.25, -0.2) is 0 Å². The molecule has 1 heterocycles. The normalized spacial score (nSPS) is 35.2. The SMILES string of the molecule is CC1CC2CCCCC2N1C(=O)[C@H](C)N.Cl. The molecule has 4 heteroatoms. The van der Waals surface area contributed by atoms with E-state index in [9.17, 15) is 4.79 Å². The summed E-state index contributed by atoms with van der Waals surface area (Å²) in [5.74, 6) is 0.897. The van der Waals surface area contributed by atoms with Crippen LogP contribution in [0.1, 0.15) is 46.0 Å². The van der Waals surface area contributed by atoms with Crippen molar-refractivity contribution in [1.29, 1.82) is 0 Å². The van der Waals surface area contributed by atoms with Crippen LogP contribution in [0.2, 0.25) is 0 Å². The number of rotatable bonds is 1. The lowest BCUT2D eigenvalue weighted by molar-refractivity contribution is -0.135. The summed E-state index contributed by atoms with van der Waals surface area (Å²) in [7, 11) is 0. The number of amides is 1. The van der Waals surface area contributed by atoms with Crippen LogP contribution in [0, 0.1) is 5.92 Å². The Balaban J connectivity index is 0.00000128. The minimum absolute atomic E-state index is 0. The monoisotopic (exact) mass is 246 g/mol. The summed E-state index contributed by atoms with van der Waals surface area (Å²) in [4.78, 5) is 14.1. The van der Waals surface area contributed by atoms with Gasteiger partial charge in [-0.2, -0.15) is 0 Å². The summed E-state index contributed by atoms with van der Waals surface area (Å²) in [5.41, 5.74) is 5.71. The molecule has 3 unspecified atom stereocenters. The first-order valence-electron chi connectivity index (χ1n) is 6.19. The van der Waals surface area contributed by atoms with Crippen LogP contribution in [0.15, 0.2) is 0 Å². The molecule has 2 rings (SSSR count). The molecular formula is C12H23ClN2O. The lowest BCUT2D eigenvalue weighted by Gasteiger charge is -2.34. The van der Waals surface area contributed by atoms with Crippen molar-refractivity contribution in [2.24, 2.45) is 11.7 Å². The predicted molar refractivity (Wildman–Crippen MR) is 67.6 cm³/mol. The van der Waals surface area contributed by atoms with Crippen molar-refractivity contribution in [2.45, 2.75) is 64.1 Å². The van der Waals surface area contributed by atoms with E-state index in [1.165, 1.54) is 32.1 Å². The summed E-state index contributed by atoms with van der Waals surface area (Å²) in [5, 5.41) is 0. The van der Waals surface area contributed by atoms with E-state index in [-0.39, 0.29) is 24.4 Å². The first kappa shape index (κ1) is 13.8. The fraction of sp³-hybridized carbons (Fsp3) is 0.917. The third-order valence-corrected chi connectivity index (χ3v) is 3.99. The van der Waals surface area contributed by atoms with Gasteiger partial charge in [-0.1, -0.05) is 12.8 Å². The van der Waals surface area contributed by atoms with Gasteiger partial charge in [0.05, 0.1) is 6.04 Å². The van der Waals surface area contributed by atoms with E-state index in [1.807, 2.05) is 0 Å². The summed E-state index contributed by atoms with van der Waals surface area (Å²) < 4.78 is 0. The van der Waals surface area contributed by atoms with E-state index in [1.54, 1.807) is 6.92 Å². The Kier molecular flexibility index (Phi) is 4.62. The van der Waals surface area contributed by atoms with Crippen molar-refractivity contribution in [1.82, 2.24) is 4.90 Å². The van der Waals surface area contributed by atoms with E-state index in [4.69, 9.17) is 5.73 Å². The molecule has 16 heavy (non-hydrogen) atoms. The zero-order valence-corrected chi connectivity index (χ0v) is 11.0. The van der Waals surface area contributed by atoms with Crippen molar-refractivity contribution >= 4 is 18.3 Å². The van der Waals surface area contributed by atoms with E-state index in [0.29, 0.717) is 12.1 Å². The maximum absolute atomic E-state index is 12.0. The predicted octanol–water partition coefficient (Wildman–Crippen LogP) is 1.94. The molecule has 1 saturated carbocycles. The van der Waals surface area contributed by atoms with Crippen LogP contribution in [0.5, 0.6) is 0 Å². The molecule has 2 N–H and O–H groups in total. The fourth-order valence-electron chi connectivity index (χ4n) is 3.32. The lowest BCUT2D eigenvalue weighted by atomic mass is 9.85. The van der Waals surface area contributed by atoms with Crippen molar-refractivity contribution in [3.63, 3.8) is 0 Å². The highest BCUT2D eigenvalue weighted by molar-refractivity contribution is 5.85.